The monoisotopic (exact) mass is 243 g/mol. The standard InChI is InChI=1S/C11H15O6/c1-7(13)16-10-4-3-9(15)5-11(10,6-12)17-8(2)14/h9-10,15H,3-5H2,1-2H3. The summed E-state index contributed by atoms with van der Waals surface area (Å²) < 4.78 is 9.87. The van der Waals surface area contributed by atoms with Gasteiger partial charge in [0.25, 0.3) is 0 Å². The Bertz CT molecular complexity index is 326. The van der Waals surface area contributed by atoms with Gasteiger partial charge in [0.15, 0.2) is 0 Å². The molecule has 95 valence electrons. The van der Waals surface area contributed by atoms with E-state index < -0.39 is 29.7 Å². The van der Waals surface area contributed by atoms with Gasteiger partial charge in [-0.2, -0.15) is 0 Å². The third kappa shape index (κ3) is 3.26. The lowest BCUT2D eigenvalue weighted by Gasteiger charge is -2.39. The first-order chi connectivity index (χ1) is 7.89. The van der Waals surface area contributed by atoms with Crippen LogP contribution in [0.2, 0.25) is 0 Å². The van der Waals surface area contributed by atoms with Crippen molar-refractivity contribution < 1.29 is 29.0 Å². The number of aliphatic hydroxyl groups is 1. The first-order valence-corrected chi connectivity index (χ1v) is 5.34. The lowest BCUT2D eigenvalue weighted by Crippen LogP contribution is -2.54. The molecule has 1 N–H and O–H groups in total. The molecule has 0 amide bonds. The minimum absolute atomic E-state index is 0.103. The summed E-state index contributed by atoms with van der Waals surface area (Å²) in [5, 5.41) is 9.53. The van der Waals surface area contributed by atoms with Crippen molar-refractivity contribution >= 4 is 18.2 Å². The van der Waals surface area contributed by atoms with E-state index in [4.69, 9.17) is 9.47 Å². The van der Waals surface area contributed by atoms with Crippen molar-refractivity contribution in [1.82, 2.24) is 0 Å². The zero-order valence-electron chi connectivity index (χ0n) is 9.76. The number of carbonyl (C=O) groups excluding carboxylic acids is 3. The van der Waals surface area contributed by atoms with Crippen LogP contribution in [0.4, 0.5) is 0 Å². The Morgan fingerprint density at radius 2 is 1.94 bits per heavy atom. The molecule has 0 saturated heterocycles. The van der Waals surface area contributed by atoms with E-state index in [1.54, 1.807) is 6.29 Å². The van der Waals surface area contributed by atoms with Crippen LogP contribution in [0.3, 0.4) is 0 Å². The molecule has 1 aliphatic rings. The zero-order valence-corrected chi connectivity index (χ0v) is 9.76. The van der Waals surface area contributed by atoms with Crippen molar-refractivity contribution in [2.75, 3.05) is 0 Å². The van der Waals surface area contributed by atoms with E-state index in [0.29, 0.717) is 6.42 Å². The molecule has 0 spiro atoms. The van der Waals surface area contributed by atoms with E-state index in [1.165, 1.54) is 6.92 Å². The second-order valence-corrected chi connectivity index (χ2v) is 4.12. The second kappa shape index (κ2) is 5.27. The van der Waals surface area contributed by atoms with E-state index in [1.807, 2.05) is 0 Å². The fraction of sp³-hybridized carbons (Fsp3) is 0.727. The fourth-order valence-corrected chi connectivity index (χ4v) is 2.01. The summed E-state index contributed by atoms with van der Waals surface area (Å²) in [5.41, 5.74) is -1.69. The van der Waals surface area contributed by atoms with Gasteiger partial charge >= 0.3 is 11.9 Å². The molecule has 3 atom stereocenters. The van der Waals surface area contributed by atoms with Gasteiger partial charge in [0.1, 0.15) is 6.10 Å². The van der Waals surface area contributed by atoms with Crippen molar-refractivity contribution in [3.05, 3.63) is 0 Å². The maximum absolute atomic E-state index is 11.1. The minimum Gasteiger partial charge on any atom is -0.458 e. The van der Waals surface area contributed by atoms with E-state index in [9.17, 15) is 19.5 Å². The number of aliphatic hydroxyl groups excluding tert-OH is 1. The van der Waals surface area contributed by atoms with Crippen LogP contribution < -0.4 is 0 Å². The van der Waals surface area contributed by atoms with Crippen LogP contribution in [0.25, 0.3) is 0 Å². The smallest absolute Gasteiger partial charge is 0.303 e. The number of ether oxygens (including phenoxy) is 2. The van der Waals surface area contributed by atoms with Crippen molar-refractivity contribution in [2.24, 2.45) is 0 Å². The van der Waals surface area contributed by atoms with Crippen LogP contribution in [0.5, 0.6) is 0 Å². The van der Waals surface area contributed by atoms with Gasteiger partial charge in [-0.05, 0) is 12.8 Å². The second-order valence-electron chi connectivity index (χ2n) is 4.12. The summed E-state index contributed by atoms with van der Waals surface area (Å²) in [6, 6.07) is 0. The molecule has 0 aliphatic heterocycles. The zero-order chi connectivity index (χ0) is 13.1. The Balaban J connectivity index is 2.93. The number of rotatable bonds is 3. The van der Waals surface area contributed by atoms with E-state index in [-0.39, 0.29) is 12.8 Å². The molecule has 6 heteroatoms. The summed E-state index contributed by atoms with van der Waals surface area (Å²) in [6.45, 7) is 2.35. The molecule has 0 aromatic carbocycles. The lowest BCUT2D eigenvalue weighted by molar-refractivity contribution is -0.183. The first-order valence-electron chi connectivity index (χ1n) is 5.34. The molecule has 0 aromatic rings. The van der Waals surface area contributed by atoms with Gasteiger partial charge in [-0.15, -0.1) is 0 Å². The predicted octanol–water partition coefficient (Wildman–Crippen LogP) is -0.126. The van der Waals surface area contributed by atoms with Crippen LogP contribution >= 0.6 is 0 Å². The summed E-state index contributed by atoms with van der Waals surface area (Å²) in [7, 11) is 0. The lowest BCUT2D eigenvalue weighted by atomic mass is 9.81. The molecule has 1 rings (SSSR count). The molecule has 0 aromatic heterocycles. The van der Waals surface area contributed by atoms with Crippen LogP contribution in [-0.2, 0) is 23.9 Å². The number of hydrogen-bond donors (Lipinski definition) is 1. The maximum Gasteiger partial charge on any atom is 0.303 e. The molecule has 1 saturated carbocycles. The fourth-order valence-electron chi connectivity index (χ4n) is 2.01. The van der Waals surface area contributed by atoms with Crippen LogP contribution in [-0.4, -0.2) is 41.1 Å². The molecular formula is C11H15O6. The van der Waals surface area contributed by atoms with Gasteiger partial charge in [0, 0.05) is 20.3 Å². The molecule has 1 aliphatic carbocycles. The minimum atomic E-state index is -1.69. The molecule has 6 nitrogen and oxygen atoms in total. The SMILES string of the molecule is CC(=O)OC1CCC(O)CC1([C]=O)OC(C)=O. The van der Waals surface area contributed by atoms with Crippen molar-refractivity contribution in [3.8, 4) is 0 Å². The summed E-state index contributed by atoms with van der Waals surface area (Å²) in [5.74, 6) is -1.25. The molecule has 3 unspecified atom stereocenters. The average molecular weight is 243 g/mol. The Morgan fingerprint density at radius 1 is 1.29 bits per heavy atom. The largest absolute Gasteiger partial charge is 0.458 e. The van der Waals surface area contributed by atoms with Gasteiger partial charge in [-0.1, -0.05) is 0 Å². The highest BCUT2D eigenvalue weighted by Gasteiger charge is 2.50. The number of hydrogen-bond acceptors (Lipinski definition) is 6. The van der Waals surface area contributed by atoms with Gasteiger partial charge < -0.3 is 14.6 Å². The van der Waals surface area contributed by atoms with Crippen molar-refractivity contribution in [3.63, 3.8) is 0 Å². The van der Waals surface area contributed by atoms with Crippen molar-refractivity contribution in [1.29, 1.82) is 0 Å². The summed E-state index contributed by atoms with van der Waals surface area (Å²) in [6.07, 6.45) is 0.472. The molecule has 0 heterocycles. The molecular weight excluding hydrogens is 228 g/mol. The van der Waals surface area contributed by atoms with Gasteiger partial charge in [0.05, 0.1) is 6.10 Å². The van der Waals surface area contributed by atoms with Crippen molar-refractivity contribution in [2.45, 2.75) is 50.9 Å². The Kier molecular flexibility index (Phi) is 4.22. The van der Waals surface area contributed by atoms with E-state index >= 15 is 0 Å². The van der Waals surface area contributed by atoms with E-state index in [0.717, 1.165) is 6.92 Å². The van der Waals surface area contributed by atoms with Gasteiger partial charge in [0.2, 0.25) is 11.9 Å². The molecule has 1 radical (unpaired) electrons. The predicted molar refractivity (Wildman–Crippen MR) is 55.6 cm³/mol. The van der Waals surface area contributed by atoms with E-state index in [2.05, 4.69) is 0 Å². The number of esters is 2. The van der Waals surface area contributed by atoms with Crippen LogP contribution in [0.1, 0.15) is 33.1 Å². The Labute approximate surface area is 98.9 Å². The third-order valence-corrected chi connectivity index (χ3v) is 2.63. The maximum atomic E-state index is 11.1. The summed E-state index contributed by atoms with van der Waals surface area (Å²) in [4.78, 5) is 33.0. The Morgan fingerprint density at radius 3 is 2.41 bits per heavy atom. The van der Waals surface area contributed by atoms with Crippen LogP contribution in [0, 0.1) is 0 Å². The highest BCUT2D eigenvalue weighted by atomic mass is 16.6. The topological polar surface area (TPSA) is 89.9 Å². The Hall–Kier alpha value is -1.43. The highest BCUT2D eigenvalue weighted by molar-refractivity contribution is 5.75. The van der Waals surface area contributed by atoms with Gasteiger partial charge in [-0.3, -0.25) is 14.4 Å². The highest BCUT2D eigenvalue weighted by Crippen LogP contribution is 2.33. The molecule has 1 fully saturated rings. The quantitative estimate of drug-likeness (QED) is 0.695. The third-order valence-electron chi connectivity index (χ3n) is 2.63. The molecule has 17 heavy (non-hydrogen) atoms. The average Bonchev–Trinajstić information content (AvgIpc) is 2.20. The first kappa shape index (κ1) is 13.6. The normalized spacial score (nSPS) is 32.6. The summed E-state index contributed by atoms with van der Waals surface area (Å²) >= 11 is 0. The van der Waals surface area contributed by atoms with Crippen LogP contribution in [0.15, 0.2) is 0 Å². The molecule has 0 bridgehead atoms. The van der Waals surface area contributed by atoms with Gasteiger partial charge in [-0.25, -0.2) is 0 Å². The number of carbonyl (C=O) groups is 2.